The zero-order valence-corrected chi connectivity index (χ0v) is 10.9. The van der Waals surface area contributed by atoms with Crippen molar-refractivity contribution in [2.24, 2.45) is 5.84 Å². The average molecular weight is 240 g/mol. The van der Waals surface area contributed by atoms with E-state index in [1.165, 1.54) is 0 Å². The maximum Gasteiger partial charge on any atom is 0.110 e. The van der Waals surface area contributed by atoms with Gasteiger partial charge >= 0.3 is 0 Å². The van der Waals surface area contributed by atoms with E-state index in [4.69, 9.17) is 10.6 Å². The first-order valence-electron chi connectivity index (χ1n) is 6.35. The Morgan fingerprint density at radius 2 is 2.35 bits per heavy atom. The van der Waals surface area contributed by atoms with E-state index >= 15 is 0 Å². The average Bonchev–Trinajstić information content (AvgIpc) is 2.80. The largest absolute Gasteiger partial charge is 0.382 e. The number of nitrogens with two attached hydrogens (primary N) is 1. The molecule has 98 valence electrons. The lowest BCUT2D eigenvalue weighted by molar-refractivity contribution is 0.140. The molecule has 0 saturated carbocycles. The van der Waals surface area contributed by atoms with Crippen molar-refractivity contribution >= 4 is 0 Å². The molecule has 1 atom stereocenters. The fraction of sp³-hybridized carbons (Fsp3) is 0.750. The molecule has 0 fully saturated rings. The summed E-state index contributed by atoms with van der Waals surface area (Å²) < 4.78 is 7.46. The minimum absolute atomic E-state index is 0.267. The van der Waals surface area contributed by atoms with Gasteiger partial charge in [0.25, 0.3) is 0 Å². The van der Waals surface area contributed by atoms with Gasteiger partial charge in [0.15, 0.2) is 0 Å². The minimum atomic E-state index is 0.267. The molecule has 1 rings (SSSR count). The van der Waals surface area contributed by atoms with Crippen LogP contribution in [-0.2, 0) is 17.7 Å². The highest BCUT2D eigenvalue weighted by Gasteiger charge is 2.11. The Balaban J connectivity index is 2.35. The summed E-state index contributed by atoms with van der Waals surface area (Å²) in [5, 5.41) is 0. The third-order valence-electron chi connectivity index (χ3n) is 2.85. The number of hydrogen-bond acceptors (Lipinski definition) is 4. The van der Waals surface area contributed by atoms with Crippen molar-refractivity contribution in [3.05, 3.63) is 18.2 Å². The summed E-state index contributed by atoms with van der Waals surface area (Å²) in [5.41, 5.74) is 2.86. The third kappa shape index (κ3) is 4.85. The van der Waals surface area contributed by atoms with Crippen LogP contribution in [0.1, 0.15) is 32.5 Å². The summed E-state index contributed by atoms with van der Waals surface area (Å²) >= 11 is 0. The molecular weight excluding hydrogens is 216 g/mol. The summed E-state index contributed by atoms with van der Waals surface area (Å²) in [5.74, 6) is 6.66. The van der Waals surface area contributed by atoms with Gasteiger partial charge in [-0.3, -0.25) is 11.3 Å². The fourth-order valence-corrected chi connectivity index (χ4v) is 1.86. The number of nitrogens with zero attached hydrogens (tertiary/aromatic N) is 2. The summed E-state index contributed by atoms with van der Waals surface area (Å²) in [6.07, 6.45) is 6.74. The van der Waals surface area contributed by atoms with Gasteiger partial charge in [-0.1, -0.05) is 0 Å². The van der Waals surface area contributed by atoms with Gasteiger partial charge in [0, 0.05) is 44.6 Å². The molecule has 0 saturated heterocycles. The van der Waals surface area contributed by atoms with E-state index in [0.29, 0.717) is 0 Å². The topological polar surface area (TPSA) is 65.1 Å². The SMILES string of the molecule is CCOCCCC(Cc1nccn1CC)NN. The molecule has 0 amide bonds. The number of rotatable bonds is 9. The molecule has 0 aliphatic rings. The summed E-state index contributed by atoms with van der Waals surface area (Å²) in [6, 6.07) is 0.267. The second-order valence-corrected chi connectivity index (χ2v) is 4.04. The molecule has 1 heterocycles. The first-order valence-corrected chi connectivity index (χ1v) is 6.35. The number of hydrogen-bond donors (Lipinski definition) is 2. The van der Waals surface area contributed by atoms with Gasteiger partial charge < -0.3 is 9.30 Å². The number of aromatic nitrogens is 2. The second-order valence-electron chi connectivity index (χ2n) is 4.04. The van der Waals surface area contributed by atoms with Crippen LogP contribution in [0.3, 0.4) is 0 Å². The van der Waals surface area contributed by atoms with Gasteiger partial charge in [0.1, 0.15) is 5.82 Å². The quantitative estimate of drug-likeness (QED) is 0.385. The van der Waals surface area contributed by atoms with Gasteiger partial charge in [0.05, 0.1) is 0 Å². The minimum Gasteiger partial charge on any atom is -0.382 e. The van der Waals surface area contributed by atoms with Crippen molar-refractivity contribution in [2.75, 3.05) is 13.2 Å². The Kier molecular flexibility index (Phi) is 6.84. The van der Waals surface area contributed by atoms with Crippen molar-refractivity contribution in [1.29, 1.82) is 0 Å². The monoisotopic (exact) mass is 240 g/mol. The lowest BCUT2D eigenvalue weighted by atomic mass is 10.1. The van der Waals surface area contributed by atoms with Crippen LogP contribution in [0.2, 0.25) is 0 Å². The van der Waals surface area contributed by atoms with Gasteiger partial charge in [-0.05, 0) is 26.7 Å². The lowest BCUT2D eigenvalue weighted by Crippen LogP contribution is -2.37. The van der Waals surface area contributed by atoms with Gasteiger partial charge in [-0.25, -0.2) is 4.98 Å². The smallest absolute Gasteiger partial charge is 0.110 e. The Morgan fingerprint density at radius 1 is 1.53 bits per heavy atom. The van der Waals surface area contributed by atoms with E-state index in [-0.39, 0.29) is 6.04 Å². The Morgan fingerprint density at radius 3 is 3.00 bits per heavy atom. The van der Waals surface area contributed by atoms with Crippen molar-refractivity contribution in [2.45, 2.75) is 45.7 Å². The van der Waals surface area contributed by atoms with Crippen LogP contribution >= 0.6 is 0 Å². The lowest BCUT2D eigenvalue weighted by Gasteiger charge is -2.16. The number of nitrogens with one attached hydrogen (secondary N) is 1. The summed E-state index contributed by atoms with van der Waals surface area (Å²) in [6.45, 7) is 6.66. The van der Waals surface area contributed by atoms with Crippen LogP contribution < -0.4 is 11.3 Å². The molecule has 3 N–H and O–H groups in total. The molecule has 0 aliphatic carbocycles. The number of aryl methyl sites for hydroxylation is 1. The molecule has 17 heavy (non-hydrogen) atoms. The Bertz CT molecular complexity index is 300. The highest BCUT2D eigenvalue weighted by atomic mass is 16.5. The molecular formula is C12H24N4O. The molecule has 5 nitrogen and oxygen atoms in total. The number of ether oxygens (including phenoxy) is 1. The van der Waals surface area contributed by atoms with Gasteiger partial charge in [-0.15, -0.1) is 0 Å². The second kappa shape index (κ2) is 8.22. The van der Waals surface area contributed by atoms with E-state index in [2.05, 4.69) is 21.9 Å². The Hall–Kier alpha value is -0.910. The molecule has 0 aliphatic heterocycles. The van der Waals surface area contributed by atoms with Crippen LogP contribution in [0, 0.1) is 0 Å². The molecule has 1 aromatic heterocycles. The predicted molar refractivity (Wildman–Crippen MR) is 68.4 cm³/mol. The molecule has 0 spiro atoms. The molecule has 1 unspecified atom stereocenters. The number of imidazole rings is 1. The van der Waals surface area contributed by atoms with Crippen molar-refractivity contribution < 1.29 is 4.74 Å². The highest BCUT2D eigenvalue weighted by Crippen LogP contribution is 2.06. The molecule has 0 aromatic carbocycles. The predicted octanol–water partition coefficient (Wildman–Crippen LogP) is 1.09. The van der Waals surface area contributed by atoms with E-state index < -0.39 is 0 Å². The van der Waals surface area contributed by atoms with Gasteiger partial charge in [0.2, 0.25) is 0 Å². The summed E-state index contributed by atoms with van der Waals surface area (Å²) in [4.78, 5) is 4.36. The van der Waals surface area contributed by atoms with Crippen LogP contribution in [0.5, 0.6) is 0 Å². The van der Waals surface area contributed by atoms with E-state index in [1.807, 2.05) is 19.3 Å². The zero-order chi connectivity index (χ0) is 12.5. The van der Waals surface area contributed by atoms with Crippen LogP contribution in [0.15, 0.2) is 12.4 Å². The molecule has 0 bridgehead atoms. The van der Waals surface area contributed by atoms with Crippen molar-refractivity contribution in [3.8, 4) is 0 Å². The zero-order valence-electron chi connectivity index (χ0n) is 10.9. The van der Waals surface area contributed by atoms with Crippen molar-refractivity contribution in [3.63, 3.8) is 0 Å². The molecule has 1 aromatic rings. The van der Waals surface area contributed by atoms with Crippen LogP contribution in [-0.4, -0.2) is 28.8 Å². The van der Waals surface area contributed by atoms with Crippen LogP contribution in [0.4, 0.5) is 0 Å². The summed E-state index contributed by atoms with van der Waals surface area (Å²) in [7, 11) is 0. The first kappa shape index (κ1) is 14.2. The maximum absolute atomic E-state index is 5.57. The van der Waals surface area contributed by atoms with E-state index in [0.717, 1.165) is 44.8 Å². The fourth-order valence-electron chi connectivity index (χ4n) is 1.86. The first-order chi connectivity index (χ1) is 8.31. The van der Waals surface area contributed by atoms with E-state index in [9.17, 15) is 0 Å². The maximum atomic E-state index is 5.57. The normalized spacial score (nSPS) is 12.9. The van der Waals surface area contributed by atoms with Crippen molar-refractivity contribution in [1.82, 2.24) is 15.0 Å². The van der Waals surface area contributed by atoms with Crippen LogP contribution in [0.25, 0.3) is 0 Å². The Labute approximate surface area is 103 Å². The standard InChI is InChI=1S/C12H24N4O/c1-3-16-8-7-14-12(16)10-11(15-13)6-5-9-17-4-2/h7-8,11,15H,3-6,9-10,13H2,1-2H3. The van der Waals surface area contributed by atoms with E-state index in [1.54, 1.807) is 0 Å². The third-order valence-corrected chi connectivity index (χ3v) is 2.85. The molecule has 0 radical (unpaired) electrons. The molecule has 5 heteroatoms. The highest BCUT2D eigenvalue weighted by molar-refractivity contribution is 4.95. The number of hydrazine groups is 1. The van der Waals surface area contributed by atoms with Gasteiger partial charge in [-0.2, -0.15) is 0 Å².